The van der Waals surface area contributed by atoms with Crippen LogP contribution in [0.25, 0.3) is 0 Å². The van der Waals surface area contributed by atoms with Gasteiger partial charge in [0.1, 0.15) is 0 Å². The molecule has 0 saturated carbocycles. The Balaban J connectivity index is 0.000000461. The predicted octanol–water partition coefficient (Wildman–Crippen LogP) is -0.384. The van der Waals surface area contributed by atoms with Crippen LogP contribution < -0.4 is 10.6 Å². The van der Waals surface area contributed by atoms with Crippen molar-refractivity contribution in [3.63, 3.8) is 0 Å². The summed E-state index contributed by atoms with van der Waals surface area (Å²) in [7, 11) is -3.90. The lowest BCUT2D eigenvalue weighted by molar-refractivity contribution is 0.229. The Bertz CT molecular complexity index is 306. The van der Waals surface area contributed by atoms with E-state index in [0.717, 1.165) is 25.9 Å². The van der Waals surface area contributed by atoms with Crippen LogP contribution in [0.4, 0.5) is 0 Å². The number of hydrogen-bond acceptors (Lipinski definition) is 6. The van der Waals surface area contributed by atoms with Crippen molar-refractivity contribution in [3.8, 4) is 0 Å². The Labute approximate surface area is 132 Å². The van der Waals surface area contributed by atoms with Gasteiger partial charge >= 0.3 is 7.60 Å². The molecular weight excluding hydrogens is 311 g/mol. The Morgan fingerprint density at radius 2 is 1.41 bits per heavy atom. The molecule has 0 aromatic carbocycles. The first-order chi connectivity index (χ1) is 10.3. The lowest BCUT2D eigenvalue weighted by Gasteiger charge is -2.17. The zero-order valence-electron chi connectivity index (χ0n) is 13.6. The highest BCUT2D eigenvalue weighted by molar-refractivity contribution is 7.52. The predicted molar refractivity (Wildman–Crippen MR) is 84.7 cm³/mol. The Hall–Kier alpha value is -0.0500. The second kappa shape index (κ2) is 11.5. The third-order valence-corrected chi connectivity index (χ3v) is 4.63. The van der Waals surface area contributed by atoms with E-state index in [1.807, 2.05) is 13.8 Å². The molecule has 0 amide bonds. The molecule has 0 radical (unpaired) electrons. The fourth-order valence-electron chi connectivity index (χ4n) is 1.76. The maximum Gasteiger partial charge on any atom is 0.356 e. The van der Waals surface area contributed by atoms with E-state index in [2.05, 4.69) is 15.4 Å². The van der Waals surface area contributed by atoms with Crippen LogP contribution in [-0.4, -0.2) is 70.3 Å². The Kier molecular flexibility index (Phi) is 11.5. The van der Waals surface area contributed by atoms with Gasteiger partial charge in [-0.1, -0.05) is 13.8 Å². The fraction of sp³-hybridized carbons (Fsp3) is 1.00. The molecule has 22 heavy (non-hydrogen) atoms. The molecule has 1 fully saturated rings. The van der Waals surface area contributed by atoms with E-state index in [4.69, 9.17) is 20.0 Å². The number of ether oxygens (including phenoxy) is 1. The van der Waals surface area contributed by atoms with Gasteiger partial charge < -0.3 is 35.4 Å². The molecule has 6 N–H and O–H groups in total. The largest absolute Gasteiger partial charge is 0.395 e. The summed E-state index contributed by atoms with van der Waals surface area (Å²) in [5.41, 5.74) is 0. The van der Waals surface area contributed by atoms with Crippen molar-refractivity contribution < 1.29 is 29.3 Å². The topological polar surface area (TPSA) is 135 Å². The molecule has 1 heterocycles. The van der Waals surface area contributed by atoms with E-state index in [1.54, 1.807) is 6.92 Å². The molecule has 8 nitrogen and oxygen atoms in total. The van der Waals surface area contributed by atoms with Crippen LogP contribution in [-0.2, 0) is 9.30 Å². The van der Waals surface area contributed by atoms with Gasteiger partial charge in [0, 0.05) is 25.2 Å². The van der Waals surface area contributed by atoms with Crippen LogP contribution in [0.15, 0.2) is 0 Å². The normalized spacial score (nSPS) is 23.4. The highest BCUT2D eigenvalue weighted by Gasteiger charge is 2.48. The first-order valence-corrected chi connectivity index (χ1v) is 9.37. The molecule has 0 aromatic heterocycles. The summed E-state index contributed by atoms with van der Waals surface area (Å²) in [5.74, 6) is -0.817. The van der Waals surface area contributed by atoms with Crippen LogP contribution in [0.5, 0.6) is 0 Å². The second-order valence-electron chi connectivity index (χ2n) is 5.30. The van der Waals surface area contributed by atoms with Crippen molar-refractivity contribution in [2.45, 2.75) is 57.6 Å². The lowest BCUT2D eigenvalue weighted by atomic mass is 10.2. The molecule has 1 rings (SSSR count). The van der Waals surface area contributed by atoms with Gasteiger partial charge in [-0.3, -0.25) is 4.57 Å². The number of nitrogens with one attached hydrogen (secondary N) is 2. The van der Waals surface area contributed by atoms with Gasteiger partial charge in [-0.2, -0.15) is 0 Å². The third kappa shape index (κ3) is 9.86. The van der Waals surface area contributed by atoms with Crippen molar-refractivity contribution >= 4 is 7.60 Å². The molecule has 1 aliphatic rings. The molecule has 134 valence electrons. The van der Waals surface area contributed by atoms with Crippen molar-refractivity contribution in [1.29, 1.82) is 0 Å². The summed E-state index contributed by atoms with van der Waals surface area (Å²) in [4.78, 5) is 16.6. The Morgan fingerprint density at radius 1 is 1.05 bits per heavy atom. The van der Waals surface area contributed by atoms with E-state index in [-0.39, 0.29) is 31.4 Å². The first kappa shape index (κ1) is 21.9. The molecule has 0 aromatic rings. The van der Waals surface area contributed by atoms with E-state index in [1.165, 1.54) is 0 Å². The summed E-state index contributed by atoms with van der Waals surface area (Å²) in [5, 5.41) is 24.3. The number of rotatable bonds is 10. The van der Waals surface area contributed by atoms with E-state index >= 15 is 0 Å². The zero-order valence-corrected chi connectivity index (χ0v) is 14.5. The van der Waals surface area contributed by atoms with Crippen LogP contribution >= 0.6 is 7.60 Å². The quantitative estimate of drug-likeness (QED) is 0.180. The zero-order chi connectivity index (χ0) is 17.2. The summed E-state index contributed by atoms with van der Waals surface area (Å²) >= 11 is 0. The number of aliphatic hydroxyl groups excluding tert-OH is 2. The molecular formula is C13H31N2O6P. The maximum atomic E-state index is 10.2. The first-order valence-electron chi connectivity index (χ1n) is 7.69. The SMILES string of the molecule is CC[C@@H](CO)NCCN[C@@H](CC)CO.C[C@@H]1O[C@@H]1P(=O)(O)O. The van der Waals surface area contributed by atoms with Crippen LogP contribution in [0.3, 0.4) is 0 Å². The van der Waals surface area contributed by atoms with Gasteiger partial charge in [-0.25, -0.2) is 0 Å². The number of hydrogen-bond donors (Lipinski definition) is 6. The summed E-state index contributed by atoms with van der Waals surface area (Å²) in [6, 6.07) is 0.400. The highest BCUT2D eigenvalue weighted by Crippen LogP contribution is 2.52. The monoisotopic (exact) mass is 342 g/mol. The molecule has 1 saturated heterocycles. The van der Waals surface area contributed by atoms with Gasteiger partial charge in [0.05, 0.1) is 19.3 Å². The molecule has 1 aliphatic heterocycles. The van der Waals surface area contributed by atoms with E-state index in [9.17, 15) is 4.57 Å². The molecule has 0 unspecified atom stereocenters. The number of epoxide rings is 1. The highest BCUT2D eigenvalue weighted by atomic mass is 31.2. The minimum Gasteiger partial charge on any atom is -0.395 e. The van der Waals surface area contributed by atoms with Crippen molar-refractivity contribution in [2.75, 3.05) is 26.3 Å². The smallest absolute Gasteiger partial charge is 0.356 e. The second-order valence-corrected chi connectivity index (χ2v) is 6.99. The average Bonchev–Trinajstić information content (AvgIpc) is 3.21. The lowest BCUT2D eigenvalue weighted by Crippen LogP contribution is -2.40. The van der Waals surface area contributed by atoms with Gasteiger partial charge in [0.2, 0.25) is 0 Å². The van der Waals surface area contributed by atoms with Crippen molar-refractivity contribution in [2.24, 2.45) is 0 Å². The van der Waals surface area contributed by atoms with Crippen molar-refractivity contribution in [3.05, 3.63) is 0 Å². The summed E-state index contributed by atoms with van der Waals surface area (Å²) in [6.07, 6.45) is 1.62. The fourth-order valence-corrected chi connectivity index (χ4v) is 2.65. The van der Waals surface area contributed by atoms with Crippen LogP contribution in [0, 0.1) is 0 Å². The van der Waals surface area contributed by atoms with Crippen LogP contribution in [0.2, 0.25) is 0 Å². The maximum absolute atomic E-state index is 10.2. The van der Waals surface area contributed by atoms with Gasteiger partial charge in [-0.05, 0) is 19.8 Å². The third-order valence-electron chi connectivity index (χ3n) is 3.43. The van der Waals surface area contributed by atoms with E-state index < -0.39 is 13.4 Å². The summed E-state index contributed by atoms with van der Waals surface area (Å²) in [6.45, 7) is 7.75. The molecule has 0 bridgehead atoms. The summed E-state index contributed by atoms with van der Waals surface area (Å²) < 4.78 is 14.7. The van der Waals surface area contributed by atoms with Gasteiger partial charge in [-0.15, -0.1) is 0 Å². The van der Waals surface area contributed by atoms with E-state index in [0.29, 0.717) is 0 Å². The molecule has 9 heteroatoms. The molecule has 0 spiro atoms. The van der Waals surface area contributed by atoms with Crippen molar-refractivity contribution in [1.82, 2.24) is 10.6 Å². The average molecular weight is 342 g/mol. The molecule has 0 aliphatic carbocycles. The minimum absolute atomic E-state index is 0.188. The standard InChI is InChI=1S/C10H24N2O2.C3H7O4P/c1-3-9(7-13)11-5-6-12-10(4-2)8-14;1-2-3(7-2)8(4,5)6/h9-14H,3-8H2,1-2H3;2-3H,1H3,(H2,4,5,6)/t9-,10-;2-,3+/m00/s1. The number of aliphatic hydroxyl groups is 2. The Morgan fingerprint density at radius 3 is 1.55 bits per heavy atom. The van der Waals surface area contributed by atoms with Crippen LogP contribution in [0.1, 0.15) is 33.6 Å². The minimum atomic E-state index is -3.90. The molecule has 4 atom stereocenters. The van der Waals surface area contributed by atoms with Gasteiger partial charge in [0.15, 0.2) is 5.85 Å². The van der Waals surface area contributed by atoms with Gasteiger partial charge in [0.25, 0.3) is 0 Å².